The molecule has 2 unspecified atom stereocenters. The van der Waals surface area contributed by atoms with Gasteiger partial charge in [-0.05, 0) is 45.6 Å². The van der Waals surface area contributed by atoms with Gasteiger partial charge in [0.2, 0.25) is 0 Å². The number of likely N-dealkylation sites (N-methyl/N-ethyl adjacent to an activating group) is 1. The first-order chi connectivity index (χ1) is 8.21. The molecule has 2 fully saturated rings. The molecule has 1 heterocycles. The molecule has 1 saturated carbocycles. The fraction of sp³-hybridized carbons (Fsp3) is 1.00. The van der Waals surface area contributed by atoms with E-state index < -0.39 is 0 Å². The van der Waals surface area contributed by atoms with Crippen LogP contribution in [0.25, 0.3) is 0 Å². The molecule has 1 N–H and O–H groups in total. The quantitative estimate of drug-likeness (QED) is 0.775. The predicted octanol–water partition coefficient (Wildman–Crippen LogP) is 1.95. The van der Waals surface area contributed by atoms with E-state index in [9.17, 15) is 5.11 Å². The van der Waals surface area contributed by atoms with Gasteiger partial charge in [0.1, 0.15) is 0 Å². The molecule has 3 heteroatoms. The highest BCUT2D eigenvalue weighted by Gasteiger charge is 2.41. The fourth-order valence-electron chi connectivity index (χ4n) is 3.47. The Morgan fingerprint density at radius 2 is 1.78 bits per heavy atom. The molecular weight excluding hydrogens is 224 g/mol. The zero-order chi connectivity index (χ0) is 13.6. The largest absolute Gasteiger partial charge is 0.391 e. The Balaban J connectivity index is 2.06. The third-order valence-electron chi connectivity index (χ3n) is 5.14. The Morgan fingerprint density at radius 3 is 2.39 bits per heavy atom. The molecule has 18 heavy (non-hydrogen) atoms. The van der Waals surface area contributed by atoms with Crippen molar-refractivity contribution in [1.82, 2.24) is 9.80 Å². The van der Waals surface area contributed by atoms with E-state index in [4.69, 9.17) is 0 Å². The van der Waals surface area contributed by atoms with Gasteiger partial charge in [-0.3, -0.25) is 9.80 Å². The number of aliphatic hydroxyl groups excluding tert-OH is 1. The summed E-state index contributed by atoms with van der Waals surface area (Å²) in [6.07, 6.45) is 3.12. The SMILES string of the molecule is CN1CCN(C2CC(C)(C)CCC2O)CC1(C)C. The molecule has 1 aliphatic heterocycles. The maximum Gasteiger partial charge on any atom is 0.0695 e. The van der Waals surface area contributed by atoms with Gasteiger partial charge in [-0.2, -0.15) is 0 Å². The highest BCUT2D eigenvalue weighted by atomic mass is 16.3. The number of piperazine rings is 1. The van der Waals surface area contributed by atoms with Crippen LogP contribution in [0, 0.1) is 5.41 Å². The van der Waals surface area contributed by atoms with Crippen LogP contribution in [0.3, 0.4) is 0 Å². The monoisotopic (exact) mass is 254 g/mol. The average Bonchev–Trinajstić information content (AvgIpc) is 2.26. The lowest BCUT2D eigenvalue weighted by Gasteiger charge is -2.51. The van der Waals surface area contributed by atoms with Gasteiger partial charge in [0, 0.05) is 31.2 Å². The zero-order valence-corrected chi connectivity index (χ0v) is 12.7. The standard InChI is InChI=1S/C15H30N2O/c1-14(2)7-6-13(18)12(10-14)17-9-8-16(5)15(3,4)11-17/h12-13,18H,6-11H2,1-5H3. The van der Waals surface area contributed by atoms with Crippen molar-refractivity contribution in [1.29, 1.82) is 0 Å². The maximum atomic E-state index is 10.3. The van der Waals surface area contributed by atoms with Gasteiger partial charge in [0.05, 0.1) is 6.10 Å². The van der Waals surface area contributed by atoms with E-state index in [-0.39, 0.29) is 11.6 Å². The molecule has 3 nitrogen and oxygen atoms in total. The minimum absolute atomic E-state index is 0.128. The predicted molar refractivity (Wildman–Crippen MR) is 75.7 cm³/mol. The molecule has 0 aromatic carbocycles. The van der Waals surface area contributed by atoms with E-state index in [0.717, 1.165) is 38.9 Å². The van der Waals surface area contributed by atoms with Crippen LogP contribution in [0.5, 0.6) is 0 Å². The van der Waals surface area contributed by atoms with Crippen LogP contribution in [0.2, 0.25) is 0 Å². The second-order valence-electron chi connectivity index (χ2n) is 7.75. The van der Waals surface area contributed by atoms with Crippen LogP contribution < -0.4 is 0 Å². The third kappa shape index (κ3) is 2.89. The summed E-state index contributed by atoms with van der Waals surface area (Å²) < 4.78 is 0. The maximum absolute atomic E-state index is 10.3. The summed E-state index contributed by atoms with van der Waals surface area (Å²) in [6, 6.07) is 0.363. The summed E-state index contributed by atoms with van der Waals surface area (Å²) in [5, 5.41) is 10.3. The van der Waals surface area contributed by atoms with Crippen molar-refractivity contribution >= 4 is 0 Å². The Labute approximate surface area is 112 Å². The highest BCUT2D eigenvalue weighted by Crippen LogP contribution is 2.38. The molecule has 2 atom stereocenters. The summed E-state index contributed by atoms with van der Waals surface area (Å²) in [6.45, 7) is 12.6. The molecule has 2 aliphatic rings. The lowest BCUT2D eigenvalue weighted by molar-refractivity contribution is -0.0593. The minimum Gasteiger partial charge on any atom is -0.391 e. The molecule has 2 rings (SSSR count). The van der Waals surface area contributed by atoms with Gasteiger partial charge in [-0.15, -0.1) is 0 Å². The second kappa shape index (κ2) is 4.77. The Kier molecular flexibility index (Phi) is 3.79. The number of nitrogens with zero attached hydrogens (tertiary/aromatic N) is 2. The Bertz CT molecular complexity index is 301. The van der Waals surface area contributed by atoms with Gasteiger partial charge in [-0.1, -0.05) is 13.8 Å². The Hall–Kier alpha value is -0.120. The summed E-state index contributed by atoms with van der Waals surface area (Å²) in [4.78, 5) is 4.97. The molecule has 0 radical (unpaired) electrons. The normalized spacial score (nSPS) is 37.7. The number of hydrogen-bond acceptors (Lipinski definition) is 3. The van der Waals surface area contributed by atoms with E-state index in [1.54, 1.807) is 0 Å². The molecule has 0 spiro atoms. The zero-order valence-electron chi connectivity index (χ0n) is 12.7. The van der Waals surface area contributed by atoms with E-state index in [2.05, 4.69) is 44.5 Å². The number of rotatable bonds is 1. The molecular formula is C15H30N2O. The molecule has 0 aromatic heterocycles. The fourth-order valence-corrected chi connectivity index (χ4v) is 3.47. The lowest BCUT2D eigenvalue weighted by atomic mass is 9.73. The van der Waals surface area contributed by atoms with Crippen LogP contribution in [0.15, 0.2) is 0 Å². The molecule has 1 aliphatic carbocycles. The molecule has 0 aromatic rings. The smallest absolute Gasteiger partial charge is 0.0695 e. The van der Waals surface area contributed by atoms with Gasteiger partial charge in [-0.25, -0.2) is 0 Å². The first-order valence-electron chi connectivity index (χ1n) is 7.35. The van der Waals surface area contributed by atoms with E-state index >= 15 is 0 Å². The van der Waals surface area contributed by atoms with Crippen LogP contribution in [-0.4, -0.2) is 59.3 Å². The van der Waals surface area contributed by atoms with E-state index in [0.29, 0.717) is 11.5 Å². The van der Waals surface area contributed by atoms with Gasteiger partial charge >= 0.3 is 0 Å². The molecule has 106 valence electrons. The van der Waals surface area contributed by atoms with Crippen LogP contribution >= 0.6 is 0 Å². The van der Waals surface area contributed by atoms with Crippen molar-refractivity contribution in [2.75, 3.05) is 26.7 Å². The van der Waals surface area contributed by atoms with Crippen molar-refractivity contribution in [3.63, 3.8) is 0 Å². The van der Waals surface area contributed by atoms with Crippen molar-refractivity contribution in [3.05, 3.63) is 0 Å². The van der Waals surface area contributed by atoms with Crippen LogP contribution in [0.4, 0.5) is 0 Å². The van der Waals surface area contributed by atoms with E-state index in [1.807, 2.05) is 0 Å². The first-order valence-corrected chi connectivity index (χ1v) is 7.35. The molecule has 0 amide bonds. The first kappa shape index (κ1) is 14.3. The van der Waals surface area contributed by atoms with Crippen molar-refractivity contribution < 1.29 is 5.11 Å². The highest BCUT2D eigenvalue weighted by molar-refractivity contribution is 4.96. The minimum atomic E-state index is -0.128. The van der Waals surface area contributed by atoms with Crippen LogP contribution in [-0.2, 0) is 0 Å². The van der Waals surface area contributed by atoms with Gasteiger partial charge in [0.25, 0.3) is 0 Å². The topological polar surface area (TPSA) is 26.7 Å². The van der Waals surface area contributed by atoms with Crippen LogP contribution in [0.1, 0.15) is 47.0 Å². The number of hydrogen-bond donors (Lipinski definition) is 1. The van der Waals surface area contributed by atoms with E-state index in [1.165, 1.54) is 0 Å². The van der Waals surface area contributed by atoms with Crippen molar-refractivity contribution in [2.45, 2.75) is 64.6 Å². The second-order valence-corrected chi connectivity index (χ2v) is 7.75. The number of aliphatic hydroxyl groups is 1. The lowest BCUT2D eigenvalue weighted by Crippen LogP contribution is -2.62. The Morgan fingerprint density at radius 1 is 1.11 bits per heavy atom. The summed E-state index contributed by atoms with van der Waals surface area (Å²) in [7, 11) is 2.21. The van der Waals surface area contributed by atoms with Crippen molar-refractivity contribution in [3.8, 4) is 0 Å². The summed E-state index contributed by atoms with van der Waals surface area (Å²) in [5.74, 6) is 0. The van der Waals surface area contributed by atoms with Crippen molar-refractivity contribution in [2.24, 2.45) is 5.41 Å². The molecule has 0 bridgehead atoms. The third-order valence-corrected chi connectivity index (χ3v) is 5.14. The molecule has 1 saturated heterocycles. The van der Waals surface area contributed by atoms with Gasteiger partial charge < -0.3 is 5.11 Å². The average molecular weight is 254 g/mol. The summed E-state index contributed by atoms with van der Waals surface area (Å²) in [5.41, 5.74) is 0.608. The van der Waals surface area contributed by atoms with Gasteiger partial charge in [0.15, 0.2) is 0 Å². The summed E-state index contributed by atoms with van der Waals surface area (Å²) >= 11 is 0.